The highest BCUT2D eigenvalue weighted by atomic mass is 32.2. The number of thiazole rings is 1. The van der Waals surface area contributed by atoms with Crippen LogP contribution in [0.5, 0.6) is 5.75 Å². The van der Waals surface area contributed by atoms with Crippen molar-refractivity contribution in [2.24, 2.45) is 5.92 Å². The molecule has 2 N–H and O–H groups in total. The molecule has 174 valence electrons. The summed E-state index contributed by atoms with van der Waals surface area (Å²) < 4.78 is 20.2. The second-order valence-electron chi connectivity index (χ2n) is 7.98. The third-order valence-electron chi connectivity index (χ3n) is 5.48. The number of aliphatic carboxylic acids is 1. The second kappa shape index (κ2) is 12.1. The Labute approximate surface area is 196 Å². The number of nitrogens with zero attached hydrogens (tertiary/aromatic N) is 2. The van der Waals surface area contributed by atoms with E-state index in [0.717, 1.165) is 41.8 Å². The fourth-order valence-corrected chi connectivity index (χ4v) is 5.40. The van der Waals surface area contributed by atoms with Crippen molar-refractivity contribution in [3.8, 4) is 5.75 Å². The topological polar surface area (TPSA) is 74.7 Å². The first kappa shape index (κ1) is 24.4. The molecular weight excluding hydrogens is 449 g/mol. The van der Waals surface area contributed by atoms with Crippen LogP contribution in [0, 0.1) is 11.7 Å². The summed E-state index contributed by atoms with van der Waals surface area (Å²) in [6.07, 6.45) is 7.00. The van der Waals surface area contributed by atoms with E-state index in [1.54, 1.807) is 24.4 Å². The van der Waals surface area contributed by atoms with Crippen molar-refractivity contribution in [2.75, 3.05) is 24.2 Å². The summed E-state index contributed by atoms with van der Waals surface area (Å²) in [5.41, 5.74) is 0. The van der Waals surface area contributed by atoms with Crippen molar-refractivity contribution >= 4 is 34.2 Å². The zero-order valence-corrected chi connectivity index (χ0v) is 19.9. The molecule has 32 heavy (non-hydrogen) atoms. The molecule has 0 atom stereocenters. The molecule has 3 rings (SSSR count). The number of carboxylic acid groups (broad SMARTS) is 1. The van der Waals surface area contributed by atoms with Gasteiger partial charge in [0.05, 0.1) is 22.8 Å². The molecule has 1 aromatic heterocycles. The molecule has 1 aromatic carbocycles. The number of benzene rings is 1. The van der Waals surface area contributed by atoms with Crippen molar-refractivity contribution in [1.82, 2.24) is 9.88 Å². The quantitative estimate of drug-likeness (QED) is 0.299. The van der Waals surface area contributed by atoms with Crippen LogP contribution in [0.2, 0.25) is 0 Å². The van der Waals surface area contributed by atoms with Crippen molar-refractivity contribution in [3.05, 3.63) is 48.7 Å². The van der Waals surface area contributed by atoms with Gasteiger partial charge in [-0.05, 0) is 50.2 Å². The van der Waals surface area contributed by atoms with E-state index < -0.39 is 5.97 Å². The van der Waals surface area contributed by atoms with Crippen LogP contribution < -0.4 is 10.1 Å². The maximum absolute atomic E-state index is 13.8. The minimum absolute atomic E-state index is 0.0109. The molecule has 1 saturated carbocycles. The molecular formula is C23H30FN3O3S2. The van der Waals surface area contributed by atoms with Gasteiger partial charge in [0.2, 0.25) is 0 Å². The molecule has 1 fully saturated rings. The lowest BCUT2D eigenvalue weighted by Gasteiger charge is -2.38. The molecule has 0 saturated heterocycles. The van der Waals surface area contributed by atoms with Gasteiger partial charge in [-0.1, -0.05) is 37.0 Å². The van der Waals surface area contributed by atoms with Crippen LogP contribution in [0.25, 0.3) is 0 Å². The molecule has 0 aliphatic heterocycles. The van der Waals surface area contributed by atoms with Gasteiger partial charge in [0.1, 0.15) is 5.82 Å². The number of anilines is 1. The summed E-state index contributed by atoms with van der Waals surface area (Å²) in [7, 11) is 0. The summed E-state index contributed by atoms with van der Waals surface area (Å²) in [5, 5.41) is 12.8. The molecule has 9 heteroatoms. The minimum atomic E-state index is -0.849. The highest BCUT2D eigenvalue weighted by molar-refractivity contribution is 8.01. The molecule has 0 spiro atoms. The van der Waals surface area contributed by atoms with Crippen LogP contribution in [-0.2, 0) is 4.79 Å². The van der Waals surface area contributed by atoms with Gasteiger partial charge in [-0.15, -0.1) is 11.8 Å². The van der Waals surface area contributed by atoms with Gasteiger partial charge >= 0.3 is 5.97 Å². The van der Waals surface area contributed by atoms with E-state index in [9.17, 15) is 9.18 Å². The molecule has 0 amide bonds. The second-order valence-corrected chi connectivity index (χ2v) is 10.3. The SMILES string of the molecule is C=C(Nc1ncc(SCC(=O)O)s1)N(CCCOc1ccccc1F)C1CCC(C)CC1. The number of para-hydroxylation sites is 1. The summed E-state index contributed by atoms with van der Waals surface area (Å²) >= 11 is 2.67. The number of ether oxygens (including phenoxy) is 1. The minimum Gasteiger partial charge on any atom is -0.490 e. The first-order chi connectivity index (χ1) is 15.4. The van der Waals surface area contributed by atoms with Crippen molar-refractivity contribution in [2.45, 2.75) is 49.3 Å². The lowest BCUT2D eigenvalue weighted by atomic mass is 9.86. The number of carbonyl (C=O) groups is 1. The fourth-order valence-electron chi connectivity index (χ4n) is 3.78. The van der Waals surface area contributed by atoms with Gasteiger partial charge in [-0.3, -0.25) is 4.79 Å². The Balaban J connectivity index is 1.57. The summed E-state index contributed by atoms with van der Waals surface area (Å²) in [6.45, 7) is 7.71. The van der Waals surface area contributed by atoms with E-state index >= 15 is 0 Å². The number of thioether (sulfide) groups is 1. The van der Waals surface area contributed by atoms with Crippen LogP contribution in [0.4, 0.5) is 9.52 Å². The zero-order chi connectivity index (χ0) is 22.9. The van der Waals surface area contributed by atoms with Crippen LogP contribution in [0.1, 0.15) is 39.0 Å². The molecule has 1 aliphatic carbocycles. The third kappa shape index (κ3) is 7.41. The highest BCUT2D eigenvalue weighted by Gasteiger charge is 2.25. The van der Waals surface area contributed by atoms with E-state index in [1.807, 2.05) is 0 Å². The Kier molecular flexibility index (Phi) is 9.23. The summed E-state index contributed by atoms with van der Waals surface area (Å²) in [5.74, 6) is 0.606. The maximum atomic E-state index is 13.8. The Bertz CT molecular complexity index is 900. The van der Waals surface area contributed by atoms with E-state index in [1.165, 1.54) is 42.0 Å². The van der Waals surface area contributed by atoms with Gasteiger partial charge < -0.3 is 20.1 Å². The molecule has 0 bridgehead atoms. The van der Waals surface area contributed by atoms with Crippen molar-refractivity contribution in [3.63, 3.8) is 0 Å². The van der Waals surface area contributed by atoms with Gasteiger partial charge in [-0.2, -0.15) is 0 Å². The van der Waals surface area contributed by atoms with E-state index in [2.05, 4.69) is 28.7 Å². The number of nitrogens with one attached hydrogen (secondary N) is 1. The summed E-state index contributed by atoms with van der Waals surface area (Å²) in [6, 6.07) is 6.83. The normalized spacial score (nSPS) is 18.2. The number of carboxylic acids is 1. The van der Waals surface area contributed by atoms with E-state index in [-0.39, 0.29) is 17.3 Å². The average molecular weight is 480 g/mol. The first-order valence-electron chi connectivity index (χ1n) is 10.8. The maximum Gasteiger partial charge on any atom is 0.313 e. The molecule has 2 aromatic rings. The van der Waals surface area contributed by atoms with Gasteiger partial charge in [0, 0.05) is 12.6 Å². The average Bonchev–Trinajstić information content (AvgIpc) is 3.21. The van der Waals surface area contributed by atoms with Crippen LogP contribution in [0.3, 0.4) is 0 Å². The van der Waals surface area contributed by atoms with Crippen LogP contribution in [0.15, 0.2) is 47.1 Å². The smallest absolute Gasteiger partial charge is 0.313 e. The monoisotopic (exact) mass is 479 g/mol. The molecule has 1 aliphatic rings. The predicted octanol–water partition coefficient (Wildman–Crippen LogP) is 5.69. The van der Waals surface area contributed by atoms with Crippen molar-refractivity contribution in [1.29, 1.82) is 0 Å². The Morgan fingerprint density at radius 3 is 2.84 bits per heavy atom. The largest absolute Gasteiger partial charge is 0.490 e. The Morgan fingerprint density at radius 2 is 2.12 bits per heavy atom. The van der Waals surface area contributed by atoms with Gasteiger partial charge in [0.15, 0.2) is 16.7 Å². The standard InChI is InChI=1S/C23H30FN3O3S2/c1-16-8-10-18(11-9-16)27(12-5-13-30-20-7-4-3-6-19(20)24)17(2)26-23-25-14-22(32-23)31-15-21(28)29/h3-4,6-7,14,16,18H,2,5,8-13,15H2,1H3,(H,25,26)(H,28,29). The number of aromatic nitrogens is 1. The third-order valence-corrected chi connectivity index (χ3v) is 7.58. The number of halogens is 1. The lowest BCUT2D eigenvalue weighted by molar-refractivity contribution is -0.133. The molecule has 6 nitrogen and oxygen atoms in total. The summed E-state index contributed by atoms with van der Waals surface area (Å²) in [4.78, 5) is 17.4. The van der Waals surface area contributed by atoms with E-state index in [4.69, 9.17) is 9.84 Å². The zero-order valence-electron chi connectivity index (χ0n) is 18.3. The Morgan fingerprint density at radius 1 is 1.38 bits per heavy atom. The van der Waals surface area contributed by atoms with Crippen LogP contribution >= 0.6 is 23.1 Å². The first-order valence-corrected chi connectivity index (χ1v) is 12.6. The molecule has 0 unspecified atom stereocenters. The number of hydrogen-bond acceptors (Lipinski definition) is 7. The van der Waals surface area contributed by atoms with Gasteiger partial charge in [-0.25, -0.2) is 9.37 Å². The van der Waals surface area contributed by atoms with E-state index in [0.29, 0.717) is 17.8 Å². The molecule has 0 radical (unpaired) electrons. The number of rotatable bonds is 12. The fraction of sp³-hybridized carbons (Fsp3) is 0.478. The van der Waals surface area contributed by atoms with Crippen molar-refractivity contribution < 1.29 is 19.0 Å². The molecule has 1 heterocycles. The number of hydrogen-bond donors (Lipinski definition) is 2. The van der Waals surface area contributed by atoms with Gasteiger partial charge in [0.25, 0.3) is 0 Å². The van der Waals surface area contributed by atoms with Crippen LogP contribution in [-0.4, -0.2) is 45.9 Å². The highest BCUT2D eigenvalue weighted by Crippen LogP contribution is 2.32. The predicted molar refractivity (Wildman–Crippen MR) is 128 cm³/mol. The lowest BCUT2D eigenvalue weighted by Crippen LogP contribution is -2.40. The Hall–Kier alpha value is -2.26.